The predicted octanol–water partition coefficient (Wildman–Crippen LogP) is 4.25. The molecule has 0 N–H and O–H groups in total. The van der Waals surface area contributed by atoms with Gasteiger partial charge < -0.3 is 0 Å². The maximum absolute atomic E-state index is 2.43. The Bertz CT molecular complexity index is 155. The number of hydrogen-bond acceptors (Lipinski definition) is 0. The third kappa shape index (κ3) is 2.08. The third-order valence-corrected chi connectivity index (χ3v) is 4.45. The first-order chi connectivity index (χ1) is 6.27. The van der Waals surface area contributed by atoms with Crippen LogP contribution >= 0.6 is 0 Å². The molecule has 76 valence electrons. The van der Waals surface area contributed by atoms with Gasteiger partial charge in [-0.15, -0.1) is 0 Å². The first-order valence-electron chi connectivity index (χ1n) is 6.27. The molecule has 3 fully saturated rings. The molecule has 0 heteroatoms. The smallest absolute Gasteiger partial charge is 0.0360 e. The first kappa shape index (κ1) is 9.55. The van der Waals surface area contributed by atoms with Gasteiger partial charge in [-0.25, -0.2) is 0 Å². The summed E-state index contributed by atoms with van der Waals surface area (Å²) in [4.78, 5) is 0. The molecule has 3 saturated carbocycles. The zero-order valence-electron chi connectivity index (χ0n) is 9.26. The highest BCUT2D eigenvalue weighted by molar-refractivity contribution is 4.84. The molecule has 0 heterocycles. The van der Waals surface area contributed by atoms with E-state index in [0.29, 0.717) is 0 Å². The second-order valence-electron chi connectivity index (χ2n) is 5.63. The summed E-state index contributed by atoms with van der Waals surface area (Å²) in [5.74, 6) is 4.20. The van der Waals surface area contributed by atoms with Crippen LogP contribution in [0.1, 0.15) is 58.8 Å². The van der Waals surface area contributed by atoms with E-state index in [1.807, 2.05) is 0 Å². The highest BCUT2D eigenvalue weighted by Crippen LogP contribution is 2.44. The lowest BCUT2D eigenvalue weighted by atomic mass is 9.65. The van der Waals surface area contributed by atoms with Crippen LogP contribution in [0.5, 0.6) is 0 Å². The van der Waals surface area contributed by atoms with Gasteiger partial charge in [0.25, 0.3) is 0 Å². The summed E-state index contributed by atoms with van der Waals surface area (Å²) in [6.45, 7) is 4.86. The first-order valence-corrected chi connectivity index (χ1v) is 6.27. The van der Waals surface area contributed by atoms with Crippen molar-refractivity contribution in [2.24, 2.45) is 23.7 Å². The Morgan fingerprint density at radius 3 is 2.46 bits per heavy atom. The van der Waals surface area contributed by atoms with E-state index in [4.69, 9.17) is 0 Å². The zero-order chi connectivity index (χ0) is 9.26. The fraction of sp³-hybridized carbons (Fsp3) is 1.00. The quantitative estimate of drug-likeness (QED) is 0.566. The van der Waals surface area contributed by atoms with Crippen molar-refractivity contribution in [1.29, 1.82) is 0 Å². The van der Waals surface area contributed by atoms with E-state index >= 15 is 0 Å². The normalized spacial score (nSPS) is 40.4. The zero-order valence-corrected chi connectivity index (χ0v) is 9.26. The molecule has 3 aliphatic carbocycles. The van der Waals surface area contributed by atoms with Crippen LogP contribution in [0.15, 0.2) is 0 Å². The highest BCUT2D eigenvalue weighted by Gasteiger charge is 2.33. The second kappa shape index (κ2) is 4.02. The molecule has 2 bridgehead atoms. The molecule has 0 aromatic rings. The minimum absolute atomic E-state index is 0.936. The van der Waals surface area contributed by atoms with Gasteiger partial charge in [-0.2, -0.15) is 0 Å². The van der Waals surface area contributed by atoms with E-state index < -0.39 is 0 Å². The molecule has 0 aromatic heterocycles. The fourth-order valence-corrected chi connectivity index (χ4v) is 3.64. The molecule has 0 spiro atoms. The van der Waals surface area contributed by atoms with E-state index in [2.05, 4.69) is 13.8 Å². The van der Waals surface area contributed by atoms with Crippen LogP contribution in [0.25, 0.3) is 0 Å². The molecule has 0 aliphatic heterocycles. The summed E-state index contributed by atoms with van der Waals surface area (Å²) < 4.78 is 0. The molecular formula is C13H24. The van der Waals surface area contributed by atoms with Crippen molar-refractivity contribution in [3.05, 3.63) is 0 Å². The Kier molecular flexibility index (Phi) is 2.96. The van der Waals surface area contributed by atoms with Crippen molar-refractivity contribution in [3.63, 3.8) is 0 Å². The van der Waals surface area contributed by atoms with Gasteiger partial charge in [0, 0.05) is 0 Å². The summed E-state index contributed by atoms with van der Waals surface area (Å²) in [5.41, 5.74) is 0. The monoisotopic (exact) mass is 180 g/mol. The van der Waals surface area contributed by atoms with Crippen molar-refractivity contribution in [3.8, 4) is 0 Å². The standard InChI is InChI=1S/C13H24/c1-10(2)13-9-11-5-3-4-6-12(13)8-7-11/h10-13H,3-9H2,1-2H3. The van der Waals surface area contributed by atoms with E-state index in [1.165, 1.54) is 25.7 Å². The molecule has 0 nitrogen and oxygen atoms in total. The minimum Gasteiger partial charge on any atom is -0.0625 e. The lowest BCUT2D eigenvalue weighted by Gasteiger charge is -2.40. The van der Waals surface area contributed by atoms with E-state index in [9.17, 15) is 0 Å². The van der Waals surface area contributed by atoms with Gasteiger partial charge in [-0.05, 0) is 36.5 Å². The van der Waals surface area contributed by atoms with Crippen molar-refractivity contribution in [2.45, 2.75) is 58.8 Å². The lowest BCUT2D eigenvalue weighted by molar-refractivity contribution is 0.103. The van der Waals surface area contributed by atoms with Crippen LogP contribution in [-0.4, -0.2) is 0 Å². The molecule has 0 saturated heterocycles. The van der Waals surface area contributed by atoms with E-state index in [-0.39, 0.29) is 0 Å². The van der Waals surface area contributed by atoms with Gasteiger partial charge in [-0.1, -0.05) is 46.0 Å². The van der Waals surface area contributed by atoms with Crippen molar-refractivity contribution >= 4 is 0 Å². The largest absolute Gasteiger partial charge is 0.0625 e. The molecule has 0 amide bonds. The number of rotatable bonds is 1. The predicted molar refractivity (Wildman–Crippen MR) is 57.6 cm³/mol. The second-order valence-corrected chi connectivity index (χ2v) is 5.63. The molecule has 3 unspecified atom stereocenters. The van der Waals surface area contributed by atoms with Gasteiger partial charge >= 0.3 is 0 Å². The van der Waals surface area contributed by atoms with E-state index in [0.717, 1.165) is 23.7 Å². The summed E-state index contributed by atoms with van der Waals surface area (Å²) in [6, 6.07) is 0. The van der Waals surface area contributed by atoms with Gasteiger partial charge in [0.1, 0.15) is 0 Å². The van der Waals surface area contributed by atoms with Crippen LogP contribution < -0.4 is 0 Å². The van der Waals surface area contributed by atoms with Crippen LogP contribution in [0.2, 0.25) is 0 Å². The fourth-order valence-electron chi connectivity index (χ4n) is 3.64. The summed E-state index contributed by atoms with van der Waals surface area (Å²) in [5, 5.41) is 0. The Labute approximate surface area is 83.1 Å². The van der Waals surface area contributed by atoms with Gasteiger partial charge in [0.2, 0.25) is 0 Å². The van der Waals surface area contributed by atoms with Crippen LogP contribution in [0, 0.1) is 23.7 Å². The molecule has 3 aliphatic rings. The molecule has 3 atom stereocenters. The Balaban J connectivity index is 2.04. The number of hydrogen-bond donors (Lipinski definition) is 0. The molecule has 0 radical (unpaired) electrons. The summed E-state index contributed by atoms with van der Waals surface area (Å²) in [7, 11) is 0. The van der Waals surface area contributed by atoms with Crippen molar-refractivity contribution < 1.29 is 0 Å². The average molecular weight is 180 g/mol. The molecule has 13 heavy (non-hydrogen) atoms. The van der Waals surface area contributed by atoms with Gasteiger partial charge in [-0.3, -0.25) is 0 Å². The van der Waals surface area contributed by atoms with E-state index in [1.54, 1.807) is 19.3 Å². The Hall–Kier alpha value is 0. The Morgan fingerprint density at radius 1 is 0.923 bits per heavy atom. The van der Waals surface area contributed by atoms with Crippen LogP contribution in [0.3, 0.4) is 0 Å². The molecular weight excluding hydrogens is 156 g/mol. The van der Waals surface area contributed by atoms with Gasteiger partial charge in [0.05, 0.1) is 0 Å². The number of fused-ring (bicyclic) bond motifs is 5. The summed E-state index contributed by atoms with van der Waals surface area (Å²) in [6.07, 6.45) is 10.8. The molecule has 0 aromatic carbocycles. The minimum atomic E-state index is 0.936. The van der Waals surface area contributed by atoms with Crippen molar-refractivity contribution in [1.82, 2.24) is 0 Å². The average Bonchev–Trinajstić information content (AvgIpc) is 2.04. The van der Waals surface area contributed by atoms with Crippen molar-refractivity contribution in [2.75, 3.05) is 0 Å². The van der Waals surface area contributed by atoms with Gasteiger partial charge in [0.15, 0.2) is 0 Å². The molecule has 3 rings (SSSR count). The van der Waals surface area contributed by atoms with Crippen LogP contribution in [0.4, 0.5) is 0 Å². The highest BCUT2D eigenvalue weighted by atomic mass is 14.4. The van der Waals surface area contributed by atoms with Crippen LogP contribution in [-0.2, 0) is 0 Å². The lowest BCUT2D eigenvalue weighted by Crippen LogP contribution is -2.30. The summed E-state index contributed by atoms with van der Waals surface area (Å²) >= 11 is 0. The Morgan fingerprint density at radius 2 is 1.69 bits per heavy atom. The topological polar surface area (TPSA) is 0 Å². The maximum Gasteiger partial charge on any atom is -0.0360 e. The maximum atomic E-state index is 2.43. The SMILES string of the molecule is CC(C)C1CC2CCCCC1CC2. The third-order valence-electron chi connectivity index (χ3n) is 4.45.